The van der Waals surface area contributed by atoms with E-state index in [0.717, 1.165) is 0 Å². The molecular weight excluding hydrogens is 448 g/mol. The van der Waals surface area contributed by atoms with E-state index in [1.165, 1.54) is 0 Å². The fourth-order valence-corrected chi connectivity index (χ4v) is 2.78. The van der Waals surface area contributed by atoms with Crippen LogP contribution in [0.25, 0.3) is 0 Å². The molecule has 0 aliphatic heterocycles. The van der Waals surface area contributed by atoms with Gasteiger partial charge in [0.15, 0.2) is 12.6 Å². The van der Waals surface area contributed by atoms with Crippen LogP contribution in [-0.2, 0) is 23.8 Å². The summed E-state index contributed by atoms with van der Waals surface area (Å²) >= 11 is 0. The maximum atomic E-state index is 12.7. The van der Waals surface area contributed by atoms with Crippen molar-refractivity contribution in [3.8, 4) is 0 Å². The molecule has 11 nitrogen and oxygen atoms in total. The lowest BCUT2D eigenvalue weighted by Gasteiger charge is -2.32. The highest BCUT2D eigenvalue weighted by Gasteiger charge is 2.31. The molecule has 0 heterocycles. The van der Waals surface area contributed by atoms with Crippen molar-refractivity contribution in [2.24, 2.45) is 0 Å². The summed E-state index contributed by atoms with van der Waals surface area (Å²) in [4.78, 5) is 36.1. The van der Waals surface area contributed by atoms with Crippen LogP contribution < -0.4 is 10.6 Å². The van der Waals surface area contributed by atoms with E-state index in [1.807, 2.05) is 0 Å². The number of urea groups is 1. The maximum Gasteiger partial charge on any atom is 0.329 e. The number of carboxylic acid groups (broad SMARTS) is 1. The monoisotopic (exact) mass is 492 g/mol. The second kappa shape index (κ2) is 13.2. The third kappa shape index (κ3) is 16.6. The van der Waals surface area contributed by atoms with Gasteiger partial charge < -0.3 is 40.2 Å². The average molecular weight is 493 g/mol. The Labute approximate surface area is 202 Å². The number of hydrogen-bond acceptors (Lipinski definition) is 8. The van der Waals surface area contributed by atoms with Crippen LogP contribution in [-0.4, -0.2) is 74.8 Å². The quantitative estimate of drug-likeness (QED) is 0.203. The molecule has 0 aliphatic carbocycles. The Morgan fingerprint density at radius 2 is 1.29 bits per heavy atom. The van der Waals surface area contributed by atoms with Crippen LogP contribution in [0.4, 0.5) is 4.79 Å². The minimum absolute atomic E-state index is 0.0846. The van der Waals surface area contributed by atoms with Gasteiger partial charge in [-0.1, -0.05) is 0 Å². The summed E-state index contributed by atoms with van der Waals surface area (Å²) < 4.78 is 16.3. The largest absolute Gasteiger partial charge is 0.481 e. The molecule has 5 N–H and O–H groups in total. The molecule has 0 rings (SSSR count). The fourth-order valence-electron chi connectivity index (χ4n) is 2.78. The molecule has 0 fully saturated rings. The normalized spacial score (nSPS) is 16.2. The number of aliphatic hydroxyl groups is 2. The number of rotatable bonds is 12. The minimum Gasteiger partial charge on any atom is -0.481 e. The Balaban J connectivity index is 5.39. The molecule has 0 saturated heterocycles. The zero-order chi connectivity index (χ0) is 26.9. The fraction of sp³-hybridized carbons (Fsp3) is 0.870. The van der Waals surface area contributed by atoms with E-state index in [2.05, 4.69) is 10.6 Å². The molecule has 4 atom stereocenters. The zero-order valence-corrected chi connectivity index (χ0v) is 21.9. The van der Waals surface area contributed by atoms with Crippen LogP contribution in [0.1, 0.15) is 88.0 Å². The van der Waals surface area contributed by atoms with Gasteiger partial charge in [0, 0.05) is 12.8 Å². The van der Waals surface area contributed by atoms with Gasteiger partial charge >= 0.3 is 18.0 Å². The number of amides is 2. The number of ether oxygens (including phenoxy) is 3. The van der Waals surface area contributed by atoms with Crippen molar-refractivity contribution in [1.82, 2.24) is 10.6 Å². The first kappa shape index (κ1) is 32.0. The van der Waals surface area contributed by atoms with Crippen LogP contribution in [0.3, 0.4) is 0 Å². The SMILES string of the molecule is CC(C)(C)OC(=O)[C@H](CCC(=O)O)NC(=O)N[C@@H](CC[C@@H](O)OC(C)(C)C)[C@@H](O)OC(C)(C)C. The van der Waals surface area contributed by atoms with Crippen molar-refractivity contribution >= 4 is 18.0 Å². The molecule has 0 unspecified atom stereocenters. The number of aliphatic hydroxyl groups excluding tert-OH is 2. The smallest absolute Gasteiger partial charge is 0.329 e. The van der Waals surface area contributed by atoms with Crippen LogP contribution in [0.5, 0.6) is 0 Å². The third-order valence-corrected chi connectivity index (χ3v) is 3.99. The van der Waals surface area contributed by atoms with E-state index in [-0.39, 0.29) is 25.7 Å². The number of esters is 1. The third-order valence-electron chi connectivity index (χ3n) is 3.99. The van der Waals surface area contributed by atoms with Crippen molar-refractivity contribution in [3.05, 3.63) is 0 Å². The van der Waals surface area contributed by atoms with Gasteiger partial charge in [-0.2, -0.15) is 0 Å². The average Bonchev–Trinajstić information content (AvgIpc) is 2.57. The van der Waals surface area contributed by atoms with E-state index < -0.39 is 59.4 Å². The number of carbonyl (C=O) groups is 3. The number of carbonyl (C=O) groups excluding carboxylic acids is 2. The standard InChI is InChI=1S/C23H44N2O9/c1-21(2,3)32-17(28)13-11-15(19(30)34-23(7,8)9)25-20(31)24-14(10-12-16(26)27)18(29)33-22(4,5)6/h14-15,17,19,28,30H,10-13H2,1-9H3,(H,26,27)(H2,24,25,31)/t14-,15-,17-,19-/m0/s1. The van der Waals surface area contributed by atoms with Crippen LogP contribution in [0, 0.1) is 0 Å². The maximum absolute atomic E-state index is 12.7. The molecule has 2 amide bonds. The van der Waals surface area contributed by atoms with Gasteiger partial charge in [-0.3, -0.25) is 4.79 Å². The van der Waals surface area contributed by atoms with Crippen LogP contribution >= 0.6 is 0 Å². The highest BCUT2D eigenvalue weighted by Crippen LogP contribution is 2.18. The topological polar surface area (TPSA) is 164 Å². The second-order valence-electron chi connectivity index (χ2n) is 11.1. The highest BCUT2D eigenvalue weighted by molar-refractivity contribution is 5.84. The lowest BCUT2D eigenvalue weighted by atomic mass is 10.1. The van der Waals surface area contributed by atoms with E-state index in [9.17, 15) is 24.6 Å². The Hall–Kier alpha value is -1.95. The Bertz CT molecular complexity index is 663. The lowest BCUT2D eigenvalue weighted by molar-refractivity contribution is -0.189. The van der Waals surface area contributed by atoms with Gasteiger partial charge in [0.05, 0.1) is 17.2 Å². The summed E-state index contributed by atoms with van der Waals surface area (Å²) in [5.41, 5.74) is -2.15. The van der Waals surface area contributed by atoms with Crippen molar-refractivity contribution in [1.29, 1.82) is 0 Å². The predicted molar refractivity (Wildman–Crippen MR) is 125 cm³/mol. The molecular formula is C23H44N2O9. The molecule has 0 aromatic rings. The minimum atomic E-state index is -1.42. The summed E-state index contributed by atoms with van der Waals surface area (Å²) in [6.07, 6.45) is -2.93. The summed E-state index contributed by atoms with van der Waals surface area (Å²) in [5, 5.41) is 34.6. The molecule has 11 heteroatoms. The molecule has 34 heavy (non-hydrogen) atoms. The molecule has 0 bridgehead atoms. The first-order valence-corrected chi connectivity index (χ1v) is 11.4. The molecule has 0 saturated carbocycles. The number of aliphatic carboxylic acids is 1. The van der Waals surface area contributed by atoms with E-state index in [0.29, 0.717) is 0 Å². The summed E-state index contributed by atoms with van der Waals surface area (Å²) in [5.74, 6) is -1.91. The molecule has 0 spiro atoms. The van der Waals surface area contributed by atoms with E-state index >= 15 is 0 Å². The van der Waals surface area contributed by atoms with E-state index in [4.69, 9.17) is 19.3 Å². The summed E-state index contributed by atoms with van der Waals surface area (Å²) in [7, 11) is 0. The van der Waals surface area contributed by atoms with E-state index in [1.54, 1.807) is 62.3 Å². The first-order valence-electron chi connectivity index (χ1n) is 11.4. The van der Waals surface area contributed by atoms with Crippen molar-refractivity contribution in [2.45, 2.75) is 129 Å². The lowest BCUT2D eigenvalue weighted by Crippen LogP contribution is -2.54. The van der Waals surface area contributed by atoms with Crippen molar-refractivity contribution < 1.29 is 43.9 Å². The summed E-state index contributed by atoms with van der Waals surface area (Å²) in [6.45, 7) is 15.5. The molecule has 0 aromatic heterocycles. The van der Waals surface area contributed by atoms with Crippen molar-refractivity contribution in [2.75, 3.05) is 0 Å². The summed E-state index contributed by atoms with van der Waals surface area (Å²) in [6, 6.07) is -3.00. The molecule has 0 aliphatic rings. The van der Waals surface area contributed by atoms with Crippen molar-refractivity contribution in [3.63, 3.8) is 0 Å². The van der Waals surface area contributed by atoms with Gasteiger partial charge in [-0.05, 0) is 75.2 Å². The molecule has 0 radical (unpaired) electrons. The van der Waals surface area contributed by atoms with Crippen LogP contribution in [0.2, 0.25) is 0 Å². The van der Waals surface area contributed by atoms with Gasteiger partial charge in [0.2, 0.25) is 0 Å². The Kier molecular flexibility index (Phi) is 12.5. The molecule has 0 aromatic carbocycles. The number of hydrogen-bond donors (Lipinski definition) is 5. The van der Waals surface area contributed by atoms with Gasteiger partial charge in [0.1, 0.15) is 11.6 Å². The van der Waals surface area contributed by atoms with Gasteiger partial charge in [0.25, 0.3) is 0 Å². The molecule has 200 valence electrons. The van der Waals surface area contributed by atoms with Crippen LogP contribution in [0.15, 0.2) is 0 Å². The van der Waals surface area contributed by atoms with Gasteiger partial charge in [-0.25, -0.2) is 9.59 Å². The number of nitrogens with one attached hydrogen (secondary N) is 2. The van der Waals surface area contributed by atoms with Gasteiger partial charge in [-0.15, -0.1) is 0 Å². The predicted octanol–water partition coefficient (Wildman–Crippen LogP) is 2.28. The Morgan fingerprint density at radius 3 is 1.74 bits per heavy atom. The second-order valence-corrected chi connectivity index (χ2v) is 11.1. The first-order chi connectivity index (χ1) is 15.2. The highest BCUT2D eigenvalue weighted by atomic mass is 16.6. The Morgan fingerprint density at radius 1 is 0.765 bits per heavy atom. The zero-order valence-electron chi connectivity index (χ0n) is 21.9. The number of carboxylic acids is 1.